The molecule has 0 radical (unpaired) electrons. The summed E-state index contributed by atoms with van der Waals surface area (Å²) in [7, 11) is 0. The van der Waals surface area contributed by atoms with E-state index in [0.29, 0.717) is 23.7 Å². The van der Waals surface area contributed by atoms with Gasteiger partial charge >= 0.3 is 0 Å². The predicted octanol–water partition coefficient (Wildman–Crippen LogP) is 1.83. The monoisotopic (exact) mass is 272 g/mol. The van der Waals surface area contributed by atoms with Crippen LogP contribution in [-0.4, -0.2) is 24.2 Å². The normalized spacial score (nSPS) is 11.4. The van der Waals surface area contributed by atoms with E-state index in [1.165, 1.54) is 0 Å². The van der Waals surface area contributed by atoms with E-state index in [-0.39, 0.29) is 24.9 Å². The van der Waals surface area contributed by atoms with Crippen molar-refractivity contribution >= 4 is 24.0 Å². The number of nitrogens with two attached hydrogens (primary N) is 1. The summed E-state index contributed by atoms with van der Waals surface area (Å²) in [5, 5.41) is 11.7. The fraction of sp³-hybridized carbons (Fsp3) is 0.462. The van der Waals surface area contributed by atoms with Gasteiger partial charge in [-0.1, -0.05) is 13.3 Å². The van der Waals surface area contributed by atoms with E-state index in [1.807, 2.05) is 0 Å². The number of carbonyl (C=O) groups excluding carboxylic acids is 1. The predicted molar refractivity (Wildman–Crippen MR) is 75.9 cm³/mol. The Bertz CT molecular complexity index is 355. The maximum absolute atomic E-state index is 11.8. The Hall–Kier alpha value is -1.26. The van der Waals surface area contributed by atoms with Gasteiger partial charge in [0.05, 0.1) is 0 Å². The fourth-order valence-corrected chi connectivity index (χ4v) is 1.61. The zero-order valence-electron chi connectivity index (χ0n) is 10.6. The highest BCUT2D eigenvalue weighted by Crippen LogP contribution is 2.08. The average Bonchev–Trinajstić information content (AvgIpc) is 2.35. The van der Waals surface area contributed by atoms with Gasteiger partial charge in [0.25, 0.3) is 5.91 Å². The second-order valence-electron chi connectivity index (χ2n) is 4.12. The molecule has 0 spiro atoms. The second kappa shape index (κ2) is 8.78. The summed E-state index contributed by atoms with van der Waals surface area (Å²) in [6.07, 6.45) is 1.67. The molecule has 1 unspecified atom stereocenters. The minimum absolute atomic E-state index is 0. The number of anilines is 1. The van der Waals surface area contributed by atoms with E-state index in [9.17, 15) is 4.79 Å². The number of aliphatic hydroxyl groups is 1. The van der Waals surface area contributed by atoms with Crippen molar-refractivity contribution in [1.82, 2.24) is 5.32 Å². The van der Waals surface area contributed by atoms with Gasteiger partial charge in [-0.25, -0.2) is 0 Å². The van der Waals surface area contributed by atoms with Crippen molar-refractivity contribution in [3.05, 3.63) is 29.8 Å². The van der Waals surface area contributed by atoms with Crippen LogP contribution in [0.2, 0.25) is 0 Å². The molecule has 1 aromatic carbocycles. The molecular weight excluding hydrogens is 252 g/mol. The first-order valence-electron chi connectivity index (χ1n) is 5.92. The first-order chi connectivity index (χ1) is 8.17. The van der Waals surface area contributed by atoms with Gasteiger partial charge in [-0.3, -0.25) is 4.79 Å². The molecule has 0 saturated heterocycles. The summed E-state index contributed by atoms with van der Waals surface area (Å²) in [5.41, 5.74) is 6.81. The van der Waals surface area contributed by atoms with Gasteiger partial charge in [0.1, 0.15) is 0 Å². The summed E-state index contributed by atoms with van der Waals surface area (Å²) < 4.78 is 0. The zero-order valence-corrected chi connectivity index (χ0v) is 11.4. The molecule has 0 saturated carbocycles. The molecule has 0 aliphatic rings. The maximum atomic E-state index is 11.8. The molecule has 0 aliphatic heterocycles. The summed E-state index contributed by atoms with van der Waals surface area (Å²) in [4.78, 5) is 11.8. The summed E-state index contributed by atoms with van der Waals surface area (Å²) in [6.45, 7) is 2.81. The largest absolute Gasteiger partial charge is 0.399 e. The maximum Gasteiger partial charge on any atom is 0.251 e. The third-order valence-corrected chi connectivity index (χ3v) is 2.84. The summed E-state index contributed by atoms with van der Waals surface area (Å²) in [5.74, 6) is 0.235. The number of carbonyl (C=O) groups is 1. The van der Waals surface area contributed by atoms with E-state index in [1.54, 1.807) is 24.3 Å². The van der Waals surface area contributed by atoms with Crippen LogP contribution in [-0.2, 0) is 0 Å². The quantitative estimate of drug-likeness (QED) is 0.692. The number of nitrogens with one attached hydrogen (secondary N) is 1. The lowest BCUT2D eigenvalue weighted by atomic mass is 10.0. The lowest BCUT2D eigenvalue weighted by Gasteiger charge is -2.14. The lowest BCUT2D eigenvalue weighted by Crippen LogP contribution is -2.29. The first kappa shape index (κ1) is 16.7. The number of amides is 1. The SMILES string of the molecule is CCC(CCO)CNC(=O)c1ccc(N)cc1.Cl. The van der Waals surface area contributed by atoms with Gasteiger partial charge in [-0.15, -0.1) is 12.4 Å². The molecule has 0 aliphatic carbocycles. The minimum atomic E-state index is -0.0959. The van der Waals surface area contributed by atoms with Crippen LogP contribution >= 0.6 is 12.4 Å². The van der Waals surface area contributed by atoms with Crippen molar-refractivity contribution in [1.29, 1.82) is 0 Å². The van der Waals surface area contributed by atoms with E-state index in [4.69, 9.17) is 10.8 Å². The summed E-state index contributed by atoms with van der Waals surface area (Å²) in [6, 6.07) is 6.83. The van der Waals surface area contributed by atoms with Crippen molar-refractivity contribution in [3.63, 3.8) is 0 Å². The molecule has 0 bridgehead atoms. The number of rotatable bonds is 6. The van der Waals surface area contributed by atoms with Crippen LogP contribution in [0, 0.1) is 5.92 Å². The second-order valence-corrected chi connectivity index (χ2v) is 4.12. The molecule has 4 N–H and O–H groups in total. The molecule has 1 aromatic rings. The number of halogens is 1. The summed E-state index contributed by atoms with van der Waals surface area (Å²) >= 11 is 0. The van der Waals surface area contributed by atoms with Crippen molar-refractivity contribution in [3.8, 4) is 0 Å². The Labute approximate surface area is 114 Å². The van der Waals surface area contributed by atoms with Gasteiger partial charge in [-0.05, 0) is 36.6 Å². The van der Waals surface area contributed by atoms with E-state index >= 15 is 0 Å². The van der Waals surface area contributed by atoms with Crippen LogP contribution in [0.25, 0.3) is 0 Å². The first-order valence-corrected chi connectivity index (χ1v) is 5.92. The Morgan fingerprint density at radius 1 is 1.39 bits per heavy atom. The topological polar surface area (TPSA) is 75.3 Å². The van der Waals surface area contributed by atoms with Crippen molar-refractivity contribution < 1.29 is 9.90 Å². The zero-order chi connectivity index (χ0) is 12.7. The Morgan fingerprint density at radius 2 is 2.00 bits per heavy atom. The molecule has 5 heteroatoms. The molecule has 0 aromatic heterocycles. The molecular formula is C13H21ClN2O2. The molecule has 0 fully saturated rings. The smallest absolute Gasteiger partial charge is 0.251 e. The molecule has 18 heavy (non-hydrogen) atoms. The molecule has 102 valence electrons. The minimum Gasteiger partial charge on any atom is -0.399 e. The van der Waals surface area contributed by atoms with Gasteiger partial charge < -0.3 is 16.2 Å². The Morgan fingerprint density at radius 3 is 2.50 bits per heavy atom. The Kier molecular flexibility index (Phi) is 8.16. The standard InChI is InChI=1S/C13H20N2O2.ClH/c1-2-10(7-8-16)9-15-13(17)11-3-5-12(14)6-4-11;/h3-6,10,16H,2,7-9,14H2,1H3,(H,15,17);1H. The molecule has 4 nitrogen and oxygen atoms in total. The molecule has 1 amide bonds. The van der Waals surface area contributed by atoms with Gasteiger partial charge in [-0.2, -0.15) is 0 Å². The van der Waals surface area contributed by atoms with E-state index in [2.05, 4.69) is 12.2 Å². The highest BCUT2D eigenvalue weighted by molar-refractivity contribution is 5.94. The van der Waals surface area contributed by atoms with Crippen molar-refractivity contribution in [2.45, 2.75) is 19.8 Å². The number of hydrogen-bond acceptors (Lipinski definition) is 3. The third kappa shape index (κ3) is 5.38. The van der Waals surface area contributed by atoms with Crippen molar-refractivity contribution in [2.24, 2.45) is 5.92 Å². The van der Waals surface area contributed by atoms with E-state index in [0.717, 1.165) is 12.8 Å². The van der Waals surface area contributed by atoms with Crippen LogP contribution < -0.4 is 11.1 Å². The average molecular weight is 273 g/mol. The van der Waals surface area contributed by atoms with Crippen LogP contribution in [0.15, 0.2) is 24.3 Å². The highest BCUT2D eigenvalue weighted by atomic mass is 35.5. The van der Waals surface area contributed by atoms with Crippen LogP contribution in [0.3, 0.4) is 0 Å². The van der Waals surface area contributed by atoms with Gasteiger partial charge in [0.15, 0.2) is 0 Å². The highest BCUT2D eigenvalue weighted by Gasteiger charge is 2.09. The lowest BCUT2D eigenvalue weighted by molar-refractivity contribution is 0.0943. The van der Waals surface area contributed by atoms with Gasteiger partial charge in [0.2, 0.25) is 0 Å². The number of nitrogen functional groups attached to an aromatic ring is 1. The van der Waals surface area contributed by atoms with Crippen LogP contribution in [0.5, 0.6) is 0 Å². The fourth-order valence-electron chi connectivity index (χ4n) is 1.61. The Balaban J connectivity index is 0.00000289. The van der Waals surface area contributed by atoms with Crippen LogP contribution in [0.1, 0.15) is 30.1 Å². The molecule has 1 atom stereocenters. The van der Waals surface area contributed by atoms with E-state index < -0.39 is 0 Å². The number of aliphatic hydroxyl groups excluding tert-OH is 1. The van der Waals surface area contributed by atoms with Gasteiger partial charge in [0, 0.05) is 24.4 Å². The van der Waals surface area contributed by atoms with Crippen LogP contribution in [0.4, 0.5) is 5.69 Å². The van der Waals surface area contributed by atoms with Crippen molar-refractivity contribution in [2.75, 3.05) is 18.9 Å². The number of hydrogen-bond donors (Lipinski definition) is 3. The third-order valence-electron chi connectivity index (χ3n) is 2.84. The molecule has 0 heterocycles. The molecule has 1 rings (SSSR count). The number of benzene rings is 1.